The monoisotopic (exact) mass is 1460 g/mol. The summed E-state index contributed by atoms with van der Waals surface area (Å²) in [6, 6.07) is 15.0. The van der Waals surface area contributed by atoms with E-state index in [0.717, 1.165) is 86.1 Å². The predicted octanol–water partition coefficient (Wildman–Crippen LogP) is 11.4. The zero-order valence-corrected chi connectivity index (χ0v) is 60.6. The molecule has 0 spiro atoms. The highest BCUT2D eigenvalue weighted by molar-refractivity contribution is 7.87. The first-order valence-electron chi connectivity index (χ1n) is 33.7. The Balaban J connectivity index is 0.838. The van der Waals surface area contributed by atoms with E-state index < -0.39 is 82.9 Å². The molecule has 25 nitrogen and oxygen atoms in total. The number of pyridine rings is 2. The predicted molar refractivity (Wildman–Crippen MR) is 385 cm³/mol. The Hall–Kier alpha value is -8.55. The summed E-state index contributed by atoms with van der Waals surface area (Å²) in [6.07, 6.45) is 21.3. The van der Waals surface area contributed by atoms with Gasteiger partial charge in [-0.3, -0.25) is 37.6 Å². The highest BCUT2D eigenvalue weighted by atomic mass is 32.2. The number of fused-ring (bicyclic) bond motifs is 7. The number of hydrogen-bond donors (Lipinski definition) is 8. The number of aromatic nitrogens is 4. The lowest BCUT2D eigenvalue weighted by Crippen LogP contribution is -2.39. The Bertz CT molecular complexity index is 4970. The minimum absolute atomic E-state index is 0.0200. The summed E-state index contributed by atoms with van der Waals surface area (Å²) >= 11 is 0. The molecule has 3 aliphatic rings. The minimum Gasteiger partial charge on any atom is -0.481 e. The fourth-order valence-corrected chi connectivity index (χ4v) is 17.1. The first-order valence-corrected chi connectivity index (χ1v) is 39.4. The van der Waals surface area contributed by atoms with Crippen LogP contribution in [-0.2, 0) is 80.3 Å². The number of rotatable bonds is 29. The fourth-order valence-electron chi connectivity index (χ4n) is 14.4. The summed E-state index contributed by atoms with van der Waals surface area (Å²) in [7, 11) is -20.0. The van der Waals surface area contributed by atoms with Crippen molar-refractivity contribution < 1.29 is 71.4 Å². The number of carbonyl (C=O) groups is 3. The lowest BCUT2D eigenvalue weighted by molar-refractivity contribution is -0.137. The topological polar surface area (TPSA) is 383 Å². The number of benzene rings is 4. The molecule has 0 saturated carbocycles. The number of aryl methyl sites for hydroxylation is 3. The molecule has 0 saturated heterocycles. The van der Waals surface area contributed by atoms with Gasteiger partial charge in [0.1, 0.15) is 21.4 Å². The summed E-state index contributed by atoms with van der Waals surface area (Å²) in [5, 5.41) is 19.4. The average Bonchev–Trinajstić information content (AvgIpc) is 1.59. The maximum atomic E-state index is 13.7. The SMILES string of the molecule is CCN1/C(=C/C=C(/C=C/C2N(CC)c3ccc4c(S(=O)(=O)O)cc(S(=O)(=O)O)cc4c3C2(C)C)c2ccc(C(=O)NCCCCCC(=O)NCc3cc4c(nc3CCCCCC[C@@H](CC(=O)O)c3cnc(C)nc3)NCCC4)cn2)C(C)(C)c2c1ccc1c(S(=O)(=O)O)cc(S(=O)(=O)O)cc21. The van der Waals surface area contributed by atoms with Crippen LogP contribution in [0.4, 0.5) is 17.2 Å². The smallest absolute Gasteiger partial charge is 0.303 e. The molecule has 0 fully saturated rings. The molecule has 29 heteroatoms. The van der Waals surface area contributed by atoms with Crippen LogP contribution in [0.1, 0.15) is 173 Å². The molecule has 6 heterocycles. The van der Waals surface area contributed by atoms with Gasteiger partial charge in [0.25, 0.3) is 46.4 Å². The molecule has 7 aromatic rings. The summed E-state index contributed by atoms with van der Waals surface area (Å²) < 4.78 is 143. The molecule has 0 aliphatic carbocycles. The van der Waals surface area contributed by atoms with Crippen molar-refractivity contribution in [2.24, 2.45) is 0 Å². The first-order chi connectivity index (χ1) is 47.6. The highest BCUT2D eigenvalue weighted by Crippen LogP contribution is 2.53. The molecule has 0 radical (unpaired) electrons. The van der Waals surface area contributed by atoms with E-state index in [1.54, 1.807) is 49.7 Å². The summed E-state index contributed by atoms with van der Waals surface area (Å²) in [5.74, 6) is 0.0285. The molecule has 1 unspecified atom stereocenters. The molecule has 10 rings (SSSR count). The number of nitrogens with zero attached hydrogens (tertiary/aromatic N) is 6. The Morgan fingerprint density at radius 3 is 1.94 bits per heavy atom. The standard InChI is InChI=1S/C72H85N9O16S4/c1-8-80-59-28-25-53-55(36-51(98(86,87)88)38-61(53)100(92,93)94)67(59)71(4,5)63(80)30-23-45(24-31-64-72(6,7)68-56-37-52(99(89,90)91)39-62(101(95,96)97)54(56)26-29-60(68)81(64)9-2)57-27-22-48(40-77-57)70(85)74-32-16-12-15-21-65(82)78-41-49-34-47-19-17-33-73-69(47)79-58(49)20-14-11-10-13-18-46(35-66(83)84)50-42-75-44(3)76-43-50/h22-31,34,36-40,42-43,46,63H,8-21,32-33,35,41H2,1-7H3,(H,73,79)(H,74,85)(H,78,82)(H,83,84)(H,86,87,88)(H,89,90,91)(H,92,93,94)(H,95,96,97)/b30-23+,45-24-,64-31+/t46-,63?/m0/s1. The molecular formula is C72H85N9O16S4. The third-order valence-electron chi connectivity index (χ3n) is 19.4. The van der Waals surface area contributed by atoms with E-state index in [2.05, 4.69) is 32.0 Å². The van der Waals surface area contributed by atoms with Gasteiger partial charge < -0.3 is 30.9 Å². The van der Waals surface area contributed by atoms with Gasteiger partial charge in [0, 0.05) is 102 Å². The van der Waals surface area contributed by atoms with E-state index in [1.165, 1.54) is 30.5 Å². The molecule has 3 aromatic heterocycles. The molecular weight excluding hydrogens is 1380 g/mol. The van der Waals surface area contributed by atoms with Crippen LogP contribution in [0.5, 0.6) is 0 Å². The van der Waals surface area contributed by atoms with Crippen molar-refractivity contribution in [1.29, 1.82) is 0 Å². The van der Waals surface area contributed by atoms with Crippen LogP contribution in [0.3, 0.4) is 0 Å². The number of nitrogens with one attached hydrogen (secondary N) is 3. The number of aliphatic carboxylic acids is 1. The molecule has 101 heavy (non-hydrogen) atoms. The van der Waals surface area contributed by atoms with E-state index in [9.17, 15) is 71.4 Å². The molecule has 0 bridgehead atoms. The van der Waals surface area contributed by atoms with Crippen molar-refractivity contribution >= 4 is 103 Å². The van der Waals surface area contributed by atoms with E-state index in [4.69, 9.17) is 9.97 Å². The van der Waals surface area contributed by atoms with Crippen LogP contribution in [0.25, 0.3) is 27.1 Å². The van der Waals surface area contributed by atoms with Gasteiger partial charge >= 0.3 is 5.97 Å². The average molecular weight is 1460 g/mol. The summed E-state index contributed by atoms with van der Waals surface area (Å²) in [4.78, 5) is 58.1. The van der Waals surface area contributed by atoms with Gasteiger partial charge in [0.15, 0.2) is 0 Å². The van der Waals surface area contributed by atoms with Gasteiger partial charge in [0.05, 0.1) is 33.5 Å². The van der Waals surface area contributed by atoms with Gasteiger partial charge in [-0.15, -0.1) is 0 Å². The van der Waals surface area contributed by atoms with Crippen molar-refractivity contribution in [2.45, 2.75) is 181 Å². The lowest BCUT2D eigenvalue weighted by Gasteiger charge is -2.32. The van der Waals surface area contributed by atoms with E-state index >= 15 is 0 Å². The van der Waals surface area contributed by atoms with Crippen molar-refractivity contribution in [3.8, 4) is 0 Å². The van der Waals surface area contributed by atoms with E-state index in [0.29, 0.717) is 103 Å². The Kier molecular flexibility index (Phi) is 22.4. The van der Waals surface area contributed by atoms with Crippen LogP contribution in [0.15, 0.2) is 135 Å². The number of likely N-dealkylation sites (N-methyl/N-ethyl adjacent to an activating group) is 2. The van der Waals surface area contributed by atoms with Gasteiger partial charge in [-0.25, -0.2) is 15.0 Å². The Labute approximate surface area is 589 Å². The molecule has 2 atom stereocenters. The van der Waals surface area contributed by atoms with Crippen LogP contribution < -0.4 is 25.8 Å². The number of hydrogen-bond acceptors (Lipinski definition) is 18. The van der Waals surface area contributed by atoms with Crippen molar-refractivity contribution in [1.82, 2.24) is 30.6 Å². The normalized spacial score (nSPS) is 16.7. The quantitative estimate of drug-likeness (QED) is 0.0123. The van der Waals surface area contributed by atoms with E-state index in [-0.39, 0.29) is 57.7 Å². The number of allylic oxidation sites excluding steroid dienone is 5. The van der Waals surface area contributed by atoms with Crippen molar-refractivity contribution in [3.63, 3.8) is 0 Å². The van der Waals surface area contributed by atoms with Gasteiger partial charge in [-0.05, 0) is 176 Å². The zero-order valence-electron chi connectivity index (χ0n) is 57.3. The van der Waals surface area contributed by atoms with Crippen molar-refractivity contribution in [2.75, 3.05) is 41.3 Å². The number of amides is 2. The molecule has 3 aliphatic heterocycles. The Morgan fingerprint density at radius 1 is 0.703 bits per heavy atom. The summed E-state index contributed by atoms with van der Waals surface area (Å²) in [6.45, 7) is 15.4. The maximum absolute atomic E-state index is 13.7. The first kappa shape index (κ1) is 75.1. The number of anilines is 3. The van der Waals surface area contributed by atoms with Crippen LogP contribution in [-0.4, -0.2) is 127 Å². The number of carboxylic acids is 1. The van der Waals surface area contributed by atoms with E-state index in [1.807, 2.05) is 69.6 Å². The van der Waals surface area contributed by atoms with Crippen LogP contribution in [0, 0.1) is 6.92 Å². The number of unbranched alkanes of at least 4 members (excludes halogenated alkanes) is 5. The lowest BCUT2D eigenvalue weighted by atomic mass is 9.78. The molecule has 2 amide bonds. The van der Waals surface area contributed by atoms with Gasteiger partial charge in [-0.1, -0.05) is 83.7 Å². The summed E-state index contributed by atoms with van der Waals surface area (Å²) in [5.41, 5.74) is 6.02. The molecule has 8 N–H and O–H groups in total. The second kappa shape index (κ2) is 30.2. The molecule has 4 aromatic carbocycles. The van der Waals surface area contributed by atoms with Gasteiger partial charge in [-0.2, -0.15) is 33.7 Å². The fraction of sp³-hybridized carbons (Fsp3) is 0.403. The third kappa shape index (κ3) is 16.7. The Morgan fingerprint density at radius 2 is 1.34 bits per heavy atom. The zero-order chi connectivity index (χ0) is 73.1. The largest absolute Gasteiger partial charge is 0.481 e. The second-order valence-electron chi connectivity index (χ2n) is 26.9. The number of carbonyl (C=O) groups excluding carboxylic acids is 2. The third-order valence-corrected chi connectivity index (χ3v) is 22.9. The van der Waals surface area contributed by atoms with Crippen molar-refractivity contribution in [3.05, 3.63) is 166 Å². The molecule has 538 valence electrons. The minimum atomic E-state index is -5.01. The highest BCUT2D eigenvalue weighted by Gasteiger charge is 2.45. The number of carboxylic acid groups (broad SMARTS) is 1. The maximum Gasteiger partial charge on any atom is 0.303 e. The van der Waals surface area contributed by atoms with Crippen LogP contribution in [0.2, 0.25) is 0 Å². The van der Waals surface area contributed by atoms with Crippen LogP contribution >= 0.6 is 0 Å². The second-order valence-corrected chi connectivity index (χ2v) is 32.5. The van der Waals surface area contributed by atoms with Gasteiger partial charge in [0.2, 0.25) is 5.91 Å².